The Morgan fingerprint density at radius 3 is 2.45 bits per heavy atom. The molecule has 1 atom stereocenters. The van der Waals surface area contributed by atoms with Gasteiger partial charge in [-0.2, -0.15) is 10.5 Å². The Morgan fingerprint density at radius 2 is 1.80 bits per heavy atom. The summed E-state index contributed by atoms with van der Waals surface area (Å²) in [6, 6.07) is 14.4. The summed E-state index contributed by atoms with van der Waals surface area (Å²) in [6.07, 6.45) is 0. The number of carbonyl (C=O) groups is 1. The predicted octanol–water partition coefficient (Wildman–Crippen LogP) is 2.63. The van der Waals surface area contributed by atoms with Crippen LogP contribution in [-0.2, 0) is 4.79 Å². The van der Waals surface area contributed by atoms with Gasteiger partial charge in [0.1, 0.15) is 18.1 Å². The van der Waals surface area contributed by atoms with Crippen LogP contribution in [0.2, 0.25) is 0 Å². The third kappa shape index (κ3) is 1.43. The van der Waals surface area contributed by atoms with E-state index in [-0.39, 0.29) is 11.1 Å². The Kier molecular flexibility index (Phi) is 2.52. The van der Waals surface area contributed by atoms with Gasteiger partial charge in [-0.3, -0.25) is 4.79 Å². The molecule has 1 aliphatic rings. The fourth-order valence-corrected chi connectivity index (χ4v) is 2.77. The van der Waals surface area contributed by atoms with E-state index in [1.54, 1.807) is 24.3 Å². The molecule has 0 radical (unpaired) electrons. The first-order chi connectivity index (χ1) is 9.69. The summed E-state index contributed by atoms with van der Waals surface area (Å²) < 4.78 is 0. The summed E-state index contributed by atoms with van der Waals surface area (Å²) in [7, 11) is 0. The lowest BCUT2D eigenvalue weighted by atomic mass is 9.91. The lowest BCUT2D eigenvalue weighted by molar-refractivity contribution is -0.137. The minimum atomic E-state index is -1.01. The van der Waals surface area contributed by atoms with E-state index in [4.69, 9.17) is 5.26 Å². The second kappa shape index (κ2) is 4.22. The Labute approximate surface area is 115 Å². The first-order valence-electron chi connectivity index (χ1n) is 5.98. The van der Waals surface area contributed by atoms with Crippen molar-refractivity contribution >= 4 is 5.97 Å². The number of fused-ring (bicyclic) bond motifs is 3. The van der Waals surface area contributed by atoms with Crippen LogP contribution in [-0.4, -0.2) is 11.1 Å². The predicted molar refractivity (Wildman–Crippen MR) is 70.8 cm³/mol. The van der Waals surface area contributed by atoms with Gasteiger partial charge in [0, 0.05) is 0 Å². The second-order valence-electron chi connectivity index (χ2n) is 4.53. The van der Waals surface area contributed by atoms with Crippen LogP contribution >= 0.6 is 0 Å². The zero-order chi connectivity index (χ0) is 14.3. The monoisotopic (exact) mass is 260 g/mol. The molecule has 0 aliphatic heterocycles. The average molecular weight is 260 g/mol. The van der Waals surface area contributed by atoms with Crippen LogP contribution < -0.4 is 0 Å². The van der Waals surface area contributed by atoms with Crippen molar-refractivity contribution in [1.29, 1.82) is 10.5 Å². The maximum atomic E-state index is 11.6. The highest BCUT2D eigenvalue weighted by Gasteiger charge is 2.36. The minimum absolute atomic E-state index is 0.161. The highest BCUT2D eigenvalue weighted by atomic mass is 16.4. The van der Waals surface area contributed by atoms with Gasteiger partial charge in [-0.1, -0.05) is 30.3 Å². The van der Waals surface area contributed by atoms with Gasteiger partial charge >= 0.3 is 5.97 Å². The third-order valence-corrected chi connectivity index (χ3v) is 3.58. The average Bonchev–Trinajstić information content (AvgIpc) is 2.80. The highest BCUT2D eigenvalue weighted by Crippen LogP contribution is 2.46. The van der Waals surface area contributed by atoms with E-state index in [9.17, 15) is 15.2 Å². The van der Waals surface area contributed by atoms with Crippen molar-refractivity contribution in [2.45, 2.75) is 5.92 Å². The molecule has 1 N–H and O–H groups in total. The molecule has 2 aromatic rings. The Bertz CT molecular complexity index is 825. The van der Waals surface area contributed by atoms with E-state index in [1.807, 2.05) is 24.3 Å². The summed E-state index contributed by atoms with van der Waals surface area (Å²) in [5.74, 6) is -1.90. The summed E-state index contributed by atoms with van der Waals surface area (Å²) in [5, 5.41) is 27.9. The number of carboxylic acids is 1. The summed E-state index contributed by atoms with van der Waals surface area (Å²) >= 11 is 0. The topological polar surface area (TPSA) is 84.9 Å². The summed E-state index contributed by atoms with van der Waals surface area (Å²) in [4.78, 5) is 11.6. The largest absolute Gasteiger partial charge is 0.481 e. The minimum Gasteiger partial charge on any atom is -0.481 e. The van der Waals surface area contributed by atoms with E-state index < -0.39 is 11.9 Å². The van der Waals surface area contributed by atoms with Crippen LogP contribution in [0.5, 0.6) is 0 Å². The zero-order valence-corrected chi connectivity index (χ0v) is 10.3. The molecule has 0 saturated heterocycles. The van der Waals surface area contributed by atoms with Gasteiger partial charge in [-0.15, -0.1) is 0 Å². The highest BCUT2D eigenvalue weighted by molar-refractivity contribution is 5.94. The van der Waals surface area contributed by atoms with Gasteiger partial charge in [0.25, 0.3) is 0 Å². The first kappa shape index (κ1) is 12.0. The molecule has 0 saturated carbocycles. The lowest BCUT2D eigenvalue weighted by Gasteiger charge is -2.10. The number of aliphatic carboxylic acids is 1. The van der Waals surface area contributed by atoms with Crippen LogP contribution in [0.15, 0.2) is 36.4 Å². The van der Waals surface area contributed by atoms with Crippen molar-refractivity contribution in [2.24, 2.45) is 0 Å². The molecule has 0 heterocycles. The molecule has 4 nitrogen and oxygen atoms in total. The smallest absolute Gasteiger partial charge is 0.315 e. The number of carboxylic acid groups (broad SMARTS) is 1. The quantitative estimate of drug-likeness (QED) is 0.854. The van der Waals surface area contributed by atoms with E-state index in [0.717, 1.165) is 11.1 Å². The van der Waals surface area contributed by atoms with Crippen LogP contribution in [0.3, 0.4) is 0 Å². The van der Waals surface area contributed by atoms with Crippen molar-refractivity contribution in [3.05, 3.63) is 58.7 Å². The Morgan fingerprint density at radius 1 is 1.05 bits per heavy atom. The van der Waals surface area contributed by atoms with E-state index in [1.165, 1.54) is 0 Å². The molecule has 1 aliphatic carbocycles. The molecule has 0 amide bonds. The van der Waals surface area contributed by atoms with Crippen molar-refractivity contribution in [1.82, 2.24) is 0 Å². The van der Waals surface area contributed by atoms with Crippen molar-refractivity contribution in [3.8, 4) is 23.3 Å². The number of benzene rings is 2. The standard InChI is InChI=1S/C16H8N2O2/c17-7-9-5-6-12-10-3-1-2-4-11(10)15(16(19)20)14(12)13(9)8-18/h1-6,15H,(H,19,20). The second-order valence-corrected chi connectivity index (χ2v) is 4.53. The molecular weight excluding hydrogens is 252 g/mol. The zero-order valence-electron chi connectivity index (χ0n) is 10.3. The van der Waals surface area contributed by atoms with Gasteiger partial charge in [0.2, 0.25) is 0 Å². The lowest BCUT2D eigenvalue weighted by Crippen LogP contribution is -2.12. The van der Waals surface area contributed by atoms with E-state index in [0.29, 0.717) is 11.1 Å². The molecule has 2 aromatic carbocycles. The number of nitrogens with zero attached hydrogens (tertiary/aromatic N) is 2. The number of hydrogen-bond donors (Lipinski definition) is 1. The van der Waals surface area contributed by atoms with Crippen LogP contribution in [0.25, 0.3) is 11.1 Å². The molecule has 0 spiro atoms. The molecule has 0 fully saturated rings. The van der Waals surface area contributed by atoms with Gasteiger partial charge < -0.3 is 5.11 Å². The molecule has 94 valence electrons. The number of nitriles is 2. The van der Waals surface area contributed by atoms with Crippen LogP contribution in [0, 0.1) is 22.7 Å². The maximum absolute atomic E-state index is 11.6. The molecule has 0 aromatic heterocycles. The van der Waals surface area contributed by atoms with Crippen LogP contribution in [0.1, 0.15) is 28.2 Å². The molecule has 4 heteroatoms. The summed E-state index contributed by atoms with van der Waals surface area (Å²) in [5.41, 5.74) is 3.01. The number of hydrogen-bond acceptors (Lipinski definition) is 3. The molecule has 20 heavy (non-hydrogen) atoms. The van der Waals surface area contributed by atoms with Crippen molar-refractivity contribution in [3.63, 3.8) is 0 Å². The third-order valence-electron chi connectivity index (χ3n) is 3.58. The molecule has 0 bridgehead atoms. The Hall–Kier alpha value is -3.11. The SMILES string of the molecule is N#Cc1ccc2c(c1C#N)C(C(=O)O)c1ccccc1-2. The normalized spacial score (nSPS) is 14.8. The molecular formula is C16H8N2O2. The van der Waals surface area contributed by atoms with Gasteiger partial charge in [0.05, 0.1) is 11.1 Å². The number of rotatable bonds is 1. The first-order valence-corrected chi connectivity index (χ1v) is 5.98. The Balaban J connectivity index is 2.43. The van der Waals surface area contributed by atoms with E-state index in [2.05, 4.69) is 0 Å². The fraction of sp³-hybridized carbons (Fsp3) is 0.0625. The maximum Gasteiger partial charge on any atom is 0.315 e. The van der Waals surface area contributed by atoms with Crippen molar-refractivity contribution in [2.75, 3.05) is 0 Å². The van der Waals surface area contributed by atoms with Gasteiger partial charge in [0.15, 0.2) is 0 Å². The molecule has 1 unspecified atom stereocenters. The van der Waals surface area contributed by atoms with Gasteiger partial charge in [-0.25, -0.2) is 0 Å². The molecule has 3 rings (SSSR count). The van der Waals surface area contributed by atoms with Gasteiger partial charge in [-0.05, 0) is 28.3 Å². The van der Waals surface area contributed by atoms with Crippen LogP contribution in [0.4, 0.5) is 0 Å². The summed E-state index contributed by atoms with van der Waals surface area (Å²) in [6.45, 7) is 0. The van der Waals surface area contributed by atoms with Crippen molar-refractivity contribution < 1.29 is 9.90 Å². The fourth-order valence-electron chi connectivity index (χ4n) is 2.77. The van der Waals surface area contributed by atoms with E-state index >= 15 is 0 Å².